The van der Waals surface area contributed by atoms with Gasteiger partial charge in [-0.1, -0.05) is 6.07 Å². The number of amides is 1. The summed E-state index contributed by atoms with van der Waals surface area (Å²) in [5.74, 6) is -0.0191. The van der Waals surface area contributed by atoms with Crippen LogP contribution < -0.4 is 19.5 Å². The molecule has 11 heteroatoms. The molecule has 1 amide bonds. The molecular formula is C23H28N2O8S. The van der Waals surface area contributed by atoms with Gasteiger partial charge < -0.3 is 24.3 Å². The Morgan fingerprint density at radius 1 is 0.971 bits per heavy atom. The van der Waals surface area contributed by atoms with Crippen LogP contribution in [0.25, 0.3) is 6.08 Å². The molecule has 0 atom stereocenters. The maximum atomic E-state index is 12.4. The highest BCUT2D eigenvalue weighted by Gasteiger charge is 2.20. The van der Waals surface area contributed by atoms with Crippen molar-refractivity contribution in [2.75, 3.05) is 47.3 Å². The number of sulfonamides is 1. The van der Waals surface area contributed by atoms with Gasteiger partial charge in [0.2, 0.25) is 10.0 Å². The molecule has 0 aromatic heterocycles. The van der Waals surface area contributed by atoms with Gasteiger partial charge in [-0.25, -0.2) is 17.5 Å². The van der Waals surface area contributed by atoms with Gasteiger partial charge in [0.15, 0.2) is 18.1 Å². The fraction of sp³-hybridized carbons (Fsp3) is 0.304. The number of nitrogens with zero attached hydrogens (tertiary/aromatic N) is 1. The lowest BCUT2D eigenvalue weighted by atomic mass is 10.1. The Labute approximate surface area is 199 Å². The second-order valence-corrected chi connectivity index (χ2v) is 9.33. The van der Waals surface area contributed by atoms with Gasteiger partial charge in [-0.15, -0.1) is 0 Å². The SMILES string of the molecule is COc1cc(OC)c(OC)cc1C=CC(=O)OCC(=O)Nc1ccc(C)c(S(=O)(=O)N(C)C)c1. The molecule has 0 aliphatic heterocycles. The number of carbonyl (C=O) groups excluding carboxylic acids is 2. The number of esters is 1. The second kappa shape index (κ2) is 11.5. The van der Waals surface area contributed by atoms with E-state index in [4.69, 9.17) is 18.9 Å². The molecule has 0 unspecified atom stereocenters. The molecule has 2 aromatic carbocycles. The molecule has 10 nitrogen and oxygen atoms in total. The fourth-order valence-electron chi connectivity index (χ4n) is 2.88. The molecule has 0 aliphatic rings. The highest BCUT2D eigenvalue weighted by atomic mass is 32.2. The number of methoxy groups -OCH3 is 3. The molecule has 2 rings (SSSR count). The average Bonchev–Trinajstić information content (AvgIpc) is 2.81. The van der Waals surface area contributed by atoms with Crippen molar-refractivity contribution in [3.8, 4) is 17.2 Å². The monoisotopic (exact) mass is 492 g/mol. The van der Waals surface area contributed by atoms with Crippen LogP contribution in [0.3, 0.4) is 0 Å². The topological polar surface area (TPSA) is 120 Å². The maximum Gasteiger partial charge on any atom is 0.331 e. The Morgan fingerprint density at radius 3 is 2.18 bits per heavy atom. The summed E-state index contributed by atoms with van der Waals surface area (Å²) in [6.45, 7) is 1.10. The zero-order chi connectivity index (χ0) is 25.5. The number of nitrogens with one attached hydrogen (secondary N) is 1. The summed E-state index contributed by atoms with van der Waals surface area (Å²) in [4.78, 5) is 24.4. The van der Waals surface area contributed by atoms with Crippen LogP contribution in [-0.2, 0) is 24.3 Å². The van der Waals surface area contributed by atoms with Crippen LogP contribution in [0.1, 0.15) is 11.1 Å². The molecule has 0 fully saturated rings. The smallest absolute Gasteiger partial charge is 0.331 e. The van der Waals surface area contributed by atoms with Gasteiger partial charge >= 0.3 is 5.97 Å². The first kappa shape index (κ1) is 26.7. The normalized spacial score (nSPS) is 11.4. The third kappa shape index (κ3) is 6.49. The minimum Gasteiger partial charge on any atom is -0.496 e. The lowest BCUT2D eigenvalue weighted by molar-refractivity contribution is -0.142. The summed E-state index contributed by atoms with van der Waals surface area (Å²) < 4.78 is 46.7. The summed E-state index contributed by atoms with van der Waals surface area (Å²) in [6, 6.07) is 7.74. The number of carbonyl (C=O) groups is 2. The molecule has 0 bridgehead atoms. The van der Waals surface area contributed by atoms with Crippen molar-refractivity contribution >= 4 is 33.7 Å². The van der Waals surface area contributed by atoms with E-state index in [0.717, 1.165) is 10.4 Å². The van der Waals surface area contributed by atoms with E-state index in [-0.39, 0.29) is 10.6 Å². The predicted octanol–water partition coefficient (Wildman–Crippen LogP) is 2.47. The van der Waals surface area contributed by atoms with Crippen molar-refractivity contribution in [2.45, 2.75) is 11.8 Å². The Morgan fingerprint density at radius 2 is 1.59 bits per heavy atom. The summed E-state index contributed by atoms with van der Waals surface area (Å²) in [7, 11) is 3.61. The molecule has 0 spiro atoms. The van der Waals surface area contributed by atoms with Crippen LogP contribution in [0.15, 0.2) is 41.3 Å². The van der Waals surface area contributed by atoms with Gasteiger partial charge in [0, 0.05) is 37.5 Å². The van der Waals surface area contributed by atoms with Crippen LogP contribution in [0, 0.1) is 6.92 Å². The van der Waals surface area contributed by atoms with Crippen LogP contribution in [0.4, 0.5) is 5.69 Å². The molecule has 2 aromatic rings. The molecular weight excluding hydrogens is 464 g/mol. The zero-order valence-electron chi connectivity index (χ0n) is 19.9. The second-order valence-electron chi connectivity index (χ2n) is 7.21. The average molecular weight is 493 g/mol. The molecule has 34 heavy (non-hydrogen) atoms. The summed E-state index contributed by atoms with van der Waals surface area (Å²) >= 11 is 0. The van der Waals surface area contributed by atoms with E-state index in [1.807, 2.05) is 0 Å². The molecule has 0 radical (unpaired) electrons. The Kier molecular flexibility index (Phi) is 9.04. The quantitative estimate of drug-likeness (QED) is 0.397. The Bertz CT molecular complexity index is 1190. The maximum absolute atomic E-state index is 12.4. The number of rotatable bonds is 10. The third-order valence-electron chi connectivity index (χ3n) is 4.71. The number of aryl methyl sites for hydroxylation is 1. The summed E-state index contributed by atoms with van der Waals surface area (Å²) in [6.07, 6.45) is 2.60. The number of anilines is 1. The summed E-state index contributed by atoms with van der Waals surface area (Å²) in [5.41, 5.74) is 1.34. The molecule has 0 saturated carbocycles. The number of hydrogen-bond acceptors (Lipinski definition) is 8. The van der Waals surface area contributed by atoms with Crippen molar-refractivity contribution in [2.24, 2.45) is 0 Å². The van der Waals surface area contributed by atoms with Crippen LogP contribution in [-0.4, -0.2) is 66.6 Å². The fourth-order valence-corrected chi connectivity index (χ4v) is 4.02. The van der Waals surface area contributed by atoms with Gasteiger partial charge in [0.1, 0.15) is 5.75 Å². The molecule has 1 N–H and O–H groups in total. The van der Waals surface area contributed by atoms with E-state index < -0.39 is 28.5 Å². The van der Waals surface area contributed by atoms with Gasteiger partial charge in [-0.3, -0.25) is 4.79 Å². The number of ether oxygens (including phenoxy) is 4. The van der Waals surface area contributed by atoms with Gasteiger partial charge in [0.05, 0.1) is 26.2 Å². The van der Waals surface area contributed by atoms with Crippen molar-refractivity contribution in [1.29, 1.82) is 0 Å². The van der Waals surface area contributed by atoms with E-state index in [9.17, 15) is 18.0 Å². The first-order valence-electron chi connectivity index (χ1n) is 10.0. The van der Waals surface area contributed by atoms with E-state index >= 15 is 0 Å². The van der Waals surface area contributed by atoms with Crippen LogP contribution in [0.5, 0.6) is 17.2 Å². The van der Waals surface area contributed by atoms with Gasteiger partial charge in [0.25, 0.3) is 5.91 Å². The van der Waals surface area contributed by atoms with E-state index in [1.165, 1.54) is 47.6 Å². The van der Waals surface area contributed by atoms with Crippen molar-refractivity contribution in [1.82, 2.24) is 4.31 Å². The van der Waals surface area contributed by atoms with Crippen molar-refractivity contribution < 1.29 is 37.0 Å². The van der Waals surface area contributed by atoms with Gasteiger partial charge in [-0.05, 0) is 36.8 Å². The molecule has 0 saturated heterocycles. The van der Waals surface area contributed by atoms with E-state index in [1.54, 1.807) is 31.2 Å². The summed E-state index contributed by atoms with van der Waals surface area (Å²) in [5, 5.41) is 2.52. The first-order valence-corrected chi connectivity index (χ1v) is 11.4. The third-order valence-corrected chi connectivity index (χ3v) is 6.67. The predicted molar refractivity (Wildman–Crippen MR) is 127 cm³/mol. The molecule has 0 aliphatic carbocycles. The minimum atomic E-state index is -3.68. The van der Waals surface area contributed by atoms with E-state index in [2.05, 4.69) is 5.32 Å². The van der Waals surface area contributed by atoms with Crippen LogP contribution >= 0.6 is 0 Å². The van der Waals surface area contributed by atoms with Crippen LogP contribution in [0.2, 0.25) is 0 Å². The largest absolute Gasteiger partial charge is 0.496 e. The Hall–Kier alpha value is -3.57. The number of benzene rings is 2. The van der Waals surface area contributed by atoms with Gasteiger partial charge in [-0.2, -0.15) is 0 Å². The van der Waals surface area contributed by atoms with Crippen molar-refractivity contribution in [3.63, 3.8) is 0 Å². The Balaban J connectivity index is 2.04. The lowest BCUT2D eigenvalue weighted by Gasteiger charge is -2.15. The molecule has 184 valence electrons. The molecule has 0 heterocycles. The highest BCUT2D eigenvalue weighted by molar-refractivity contribution is 7.89. The van der Waals surface area contributed by atoms with E-state index in [0.29, 0.717) is 28.4 Å². The van der Waals surface area contributed by atoms with Crippen molar-refractivity contribution in [3.05, 3.63) is 47.5 Å². The highest BCUT2D eigenvalue weighted by Crippen LogP contribution is 2.35. The minimum absolute atomic E-state index is 0.0686. The lowest BCUT2D eigenvalue weighted by Crippen LogP contribution is -2.24. The zero-order valence-corrected chi connectivity index (χ0v) is 20.7. The first-order chi connectivity index (χ1) is 16.0. The number of hydrogen-bond donors (Lipinski definition) is 1. The standard InChI is InChI=1S/C23H28N2O8S/c1-15-7-9-17(12-21(15)34(28,29)25(2)3)24-22(26)14-33-23(27)10-8-16-11-19(31-5)20(32-6)13-18(16)30-4/h7-13H,14H2,1-6H3,(H,24,26).